The van der Waals surface area contributed by atoms with Crippen LogP contribution in [0.5, 0.6) is 0 Å². The molecule has 1 aliphatic carbocycles. The summed E-state index contributed by atoms with van der Waals surface area (Å²) in [6.45, 7) is 3.65. The molecule has 0 radical (unpaired) electrons. The summed E-state index contributed by atoms with van der Waals surface area (Å²) in [5, 5.41) is 15.9. The van der Waals surface area contributed by atoms with Crippen LogP contribution in [0.1, 0.15) is 13.8 Å². The zero-order chi connectivity index (χ0) is 10.5. The Kier molecular flexibility index (Phi) is 4.42. The highest BCUT2D eigenvalue weighted by atomic mass is 16.4. The number of carbonyl (C=O) groups is 1. The van der Waals surface area contributed by atoms with E-state index in [0.29, 0.717) is 0 Å². The van der Waals surface area contributed by atoms with E-state index in [4.69, 9.17) is 10.2 Å². The van der Waals surface area contributed by atoms with Crippen molar-refractivity contribution in [1.82, 2.24) is 0 Å². The minimum absolute atomic E-state index is 0.0741. The molecule has 2 unspecified atom stereocenters. The smallest absolute Gasteiger partial charge is 0.313 e. The van der Waals surface area contributed by atoms with Gasteiger partial charge in [-0.3, -0.25) is 4.79 Å². The van der Waals surface area contributed by atoms with Crippen LogP contribution >= 0.6 is 0 Å². The first-order chi connectivity index (χ1) is 6.07. The number of hydrogen-bond donors (Lipinski definition) is 2. The lowest BCUT2D eigenvalue weighted by Gasteiger charge is -2.27. The summed E-state index contributed by atoms with van der Waals surface area (Å²) in [7, 11) is 1.00. The molecule has 1 aliphatic rings. The maximum Gasteiger partial charge on any atom is 0.313 e. The van der Waals surface area contributed by atoms with E-state index in [9.17, 15) is 4.79 Å². The van der Waals surface area contributed by atoms with E-state index in [0.717, 1.165) is 7.11 Å². The molecule has 0 aromatic heterocycles. The highest BCUT2D eigenvalue weighted by Gasteiger charge is 2.35. The molecule has 0 saturated heterocycles. The highest BCUT2D eigenvalue weighted by molar-refractivity contribution is 5.77. The molecule has 74 valence electrons. The first-order valence-corrected chi connectivity index (χ1v) is 4.11. The molecule has 2 N–H and O–H groups in total. The lowest BCUT2D eigenvalue weighted by Crippen LogP contribution is -2.32. The van der Waals surface area contributed by atoms with E-state index in [1.165, 1.54) is 0 Å². The lowest BCUT2D eigenvalue weighted by molar-refractivity contribution is -0.146. The summed E-state index contributed by atoms with van der Waals surface area (Å²) in [5.41, 5.74) is -0.714. The van der Waals surface area contributed by atoms with Crippen LogP contribution in [-0.2, 0) is 4.79 Å². The molecule has 0 saturated carbocycles. The third kappa shape index (κ3) is 2.42. The number of hydrogen-bond acceptors (Lipinski definition) is 2. The van der Waals surface area contributed by atoms with Crippen molar-refractivity contribution in [3.63, 3.8) is 0 Å². The molecular weight excluding hydrogens is 168 g/mol. The lowest BCUT2D eigenvalue weighted by atomic mass is 9.75. The Morgan fingerprint density at radius 3 is 2.23 bits per heavy atom. The molecule has 3 nitrogen and oxygen atoms in total. The second-order valence-corrected chi connectivity index (χ2v) is 3.12. The Balaban J connectivity index is 0.000000671. The van der Waals surface area contributed by atoms with Crippen molar-refractivity contribution in [3.05, 3.63) is 24.3 Å². The molecule has 0 spiro atoms. The topological polar surface area (TPSA) is 57.5 Å². The van der Waals surface area contributed by atoms with Gasteiger partial charge in [-0.15, -0.1) is 0 Å². The molecule has 0 aliphatic heterocycles. The monoisotopic (exact) mass is 184 g/mol. The highest BCUT2D eigenvalue weighted by Crippen LogP contribution is 2.32. The third-order valence-corrected chi connectivity index (χ3v) is 2.36. The standard InChI is InChI=1S/C9H12O2.CH4O/c1-7-5-3-4-6-9(7,2)8(10)11;1-2/h3-7H,1-2H3,(H,10,11);2H,1H3. The summed E-state index contributed by atoms with van der Waals surface area (Å²) in [4.78, 5) is 10.8. The molecule has 0 aromatic rings. The Labute approximate surface area is 78.4 Å². The van der Waals surface area contributed by atoms with E-state index in [2.05, 4.69) is 0 Å². The molecule has 0 fully saturated rings. The average molecular weight is 184 g/mol. The Hall–Kier alpha value is -1.09. The summed E-state index contributed by atoms with van der Waals surface area (Å²) in [5.74, 6) is -0.685. The Morgan fingerprint density at radius 1 is 1.38 bits per heavy atom. The van der Waals surface area contributed by atoms with Crippen molar-refractivity contribution in [3.8, 4) is 0 Å². The van der Waals surface area contributed by atoms with Gasteiger partial charge in [0.05, 0.1) is 5.41 Å². The van der Waals surface area contributed by atoms with Crippen LogP contribution < -0.4 is 0 Å². The van der Waals surface area contributed by atoms with Crippen molar-refractivity contribution in [2.24, 2.45) is 11.3 Å². The van der Waals surface area contributed by atoms with Crippen molar-refractivity contribution in [1.29, 1.82) is 0 Å². The predicted octanol–water partition coefficient (Wildman–Crippen LogP) is 1.45. The molecule has 0 heterocycles. The van der Waals surface area contributed by atoms with Gasteiger partial charge in [0.15, 0.2) is 0 Å². The molecular formula is C10H16O3. The van der Waals surface area contributed by atoms with Crippen LogP contribution in [0.2, 0.25) is 0 Å². The first kappa shape index (κ1) is 11.9. The van der Waals surface area contributed by atoms with Crippen LogP contribution in [0.4, 0.5) is 0 Å². The van der Waals surface area contributed by atoms with Gasteiger partial charge >= 0.3 is 5.97 Å². The molecule has 2 atom stereocenters. The number of aliphatic carboxylic acids is 1. The Morgan fingerprint density at radius 2 is 1.92 bits per heavy atom. The zero-order valence-corrected chi connectivity index (χ0v) is 8.19. The Bertz CT molecular complexity index is 230. The fourth-order valence-corrected chi connectivity index (χ4v) is 1.10. The normalized spacial score (nSPS) is 30.6. The summed E-state index contributed by atoms with van der Waals surface area (Å²) in [6, 6.07) is 0. The maximum atomic E-state index is 10.8. The summed E-state index contributed by atoms with van der Waals surface area (Å²) < 4.78 is 0. The molecule has 0 amide bonds. The SMILES string of the molecule is CC1C=CC=CC1(C)C(=O)O.CO. The van der Waals surface area contributed by atoms with Crippen molar-refractivity contribution in [2.45, 2.75) is 13.8 Å². The van der Waals surface area contributed by atoms with E-state index in [1.54, 1.807) is 19.1 Å². The minimum atomic E-state index is -0.759. The molecule has 1 rings (SSSR count). The molecule has 3 heteroatoms. The van der Waals surface area contributed by atoms with Gasteiger partial charge in [-0.2, -0.15) is 0 Å². The van der Waals surface area contributed by atoms with Gasteiger partial charge in [0.1, 0.15) is 0 Å². The maximum absolute atomic E-state index is 10.8. The number of aliphatic hydroxyl groups excluding tert-OH is 1. The summed E-state index contributed by atoms with van der Waals surface area (Å²) >= 11 is 0. The number of carboxylic acid groups (broad SMARTS) is 1. The number of aliphatic hydroxyl groups is 1. The fraction of sp³-hybridized carbons (Fsp3) is 0.500. The molecule has 13 heavy (non-hydrogen) atoms. The van der Waals surface area contributed by atoms with Gasteiger partial charge in [0, 0.05) is 7.11 Å². The molecule has 0 aromatic carbocycles. The number of carboxylic acids is 1. The van der Waals surface area contributed by atoms with Gasteiger partial charge in [0.25, 0.3) is 0 Å². The number of allylic oxidation sites excluding steroid dienone is 3. The summed E-state index contributed by atoms with van der Waals surface area (Å²) in [6.07, 6.45) is 7.32. The predicted molar refractivity (Wildman–Crippen MR) is 51.3 cm³/mol. The van der Waals surface area contributed by atoms with Crippen LogP contribution in [0, 0.1) is 11.3 Å². The molecule has 0 bridgehead atoms. The van der Waals surface area contributed by atoms with Crippen LogP contribution in [0.15, 0.2) is 24.3 Å². The first-order valence-electron chi connectivity index (χ1n) is 4.11. The average Bonchev–Trinajstić information content (AvgIpc) is 2.13. The minimum Gasteiger partial charge on any atom is -0.481 e. The van der Waals surface area contributed by atoms with E-state index >= 15 is 0 Å². The van der Waals surface area contributed by atoms with Crippen LogP contribution in [0.25, 0.3) is 0 Å². The fourth-order valence-electron chi connectivity index (χ4n) is 1.10. The van der Waals surface area contributed by atoms with Crippen molar-refractivity contribution in [2.75, 3.05) is 7.11 Å². The van der Waals surface area contributed by atoms with Gasteiger partial charge in [-0.05, 0) is 12.8 Å². The van der Waals surface area contributed by atoms with Gasteiger partial charge < -0.3 is 10.2 Å². The second kappa shape index (κ2) is 4.82. The van der Waals surface area contributed by atoms with E-state index in [-0.39, 0.29) is 5.92 Å². The largest absolute Gasteiger partial charge is 0.481 e. The van der Waals surface area contributed by atoms with E-state index < -0.39 is 11.4 Å². The van der Waals surface area contributed by atoms with Crippen LogP contribution in [0.3, 0.4) is 0 Å². The second-order valence-electron chi connectivity index (χ2n) is 3.12. The third-order valence-electron chi connectivity index (χ3n) is 2.36. The van der Waals surface area contributed by atoms with E-state index in [1.807, 2.05) is 19.1 Å². The van der Waals surface area contributed by atoms with Gasteiger partial charge in [-0.1, -0.05) is 31.2 Å². The number of rotatable bonds is 1. The van der Waals surface area contributed by atoms with Gasteiger partial charge in [-0.25, -0.2) is 0 Å². The zero-order valence-electron chi connectivity index (χ0n) is 8.19. The van der Waals surface area contributed by atoms with Crippen molar-refractivity contribution < 1.29 is 15.0 Å². The quantitative estimate of drug-likeness (QED) is 0.648. The van der Waals surface area contributed by atoms with Gasteiger partial charge in [0.2, 0.25) is 0 Å². The van der Waals surface area contributed by atoms with Crippen LogP contribution in [-0.4, -0.2) is 23.3 Å². The van der Waals surface area contributed by atoms with Crippen molar-refractivity contribution >= 4 is 5.97 Å².